The van der Waals surface area contributed by atoms with Crippen molar-refractivity contribution < 1.29 is 28.2 Å². The molecule has 11 heteroatoms. The van der Waals surface area contributed by atoms with E-state index in [0.29, 0.717) is 23.4 Å². The summed E-state index contributed by atoms with van der Waals surface area (Å²) in [5.41, 5.74) is 3.26. The monoisotopic (exact) mass is 620 g/mol. The molecule has 3 heterocycles. The molecule has 2 amide bonds. The molecular weight excluding hydrogens is 583 g/mol. The summed E-state index contributed by atoms with van der Waals surface area (Å²) >= 11 is 1.53. The first kappa shape index (κ1) is 31.3. The molecule has 0 saturated carbocycles. The summed E-state index contributed by atoms with van der Waals surface area (Å²) in [6.07, 6.45) is 2.04. The van der Waals surface area contributed by atoms with Gasteiger partial charge >= 0.3 is 6.09 Å². The lowest BCUT2D eigenvalue weighted by molar-refractivity contribution is -0.129. The minimum atomic E-state index is -0.568. The SMILES string of the molecule is CC(C)(C)OC(=O)NCCOCCOc1cc(F)ccc1-c1nnc(-c2ccc(CC(=O)N3CCCC3)cc2)c2ccsc12. The third-order valence-electron chi connectivity index (χ3n) is 7.03. The number of aromatic nitrogens is 2. The molecule has 0 spiro atoms. The Labute approximate surface area is 260 Å². The molecule has 1 aliphatic rings. The number of halogens is 1. The van der Waals surface area contributed by atoms with E-state index in [1.165, 1.54) is 23.5 Å². The molecule has 0 radical (unpaired) electrons. The van der Waals surface area contributed by atoms with Crippen LogP contribution in [0.4, 0.5) is 9.18 Å². The Bertz CT molecular complexity index is 1600. The highest BCUT2D eigenvalue weighted by atomic mass is 32.1. The van der Waals surface area contributed by atoms with E-state index in [-0.39, 0.29) is 32.3 Å². The number of hydrogen-bond acceptors (Lipinski definition) is 8. The minimum Gasteiger partial charge on any atom is -0.490 e. The first-order valence-electron chi connectivity index (χ1n) is 14.8. The number of likely N-dealkylation sites (tertiary alicyclic amines) is 1. The van der Waals surface area contributed by atoms with Gasteiger partial charge in [0.25, 0.3) is 0 Å². The summed E-state index contributed by atoms with van der Waals surface area (Å²) in [6.45, 7) is 8.06. The molecule has 5 rings (SSSR count). The van der Waals surface area contributed by atoms with E-state index in [0.717, 1.165) is 52.8 Å². The maximum absolute atomic E-state index is 14.3. The number of nitrogens with one attached hydrogen (secondary N) is 1. The Balaban J connectivity index is 1.23. The lowest BCUT2D eigenvalue weighted by Gasteiger charge is -2.19. The molecule has 2 aromatic heterocycles. The van der Waals surface area contributed by atoms with Crippen LogP contribution >= 0.6 is 11.3 Å². The van der Waals surface area contributed by atoms with E-state index in [1.54, 1.807) is 26.8 Å². The number of thiophene rings is 1. The summed E-state index contributed by atoms with van der Waals surface area (Å²) in [4.78, 5) is 26.2. The van der Waals surface area contributed by atoms with Crippen LogP contribution in [0.25, 0.3) is 32.6 Å². The molecule has 1 aliphatic heterocycles. The minimum absolute atomic E-state index is 0.165. The van der Waals surface area contributed by atoms with Crippen LogP contribution in [-0.2, 0) is 20.7 Å². The van der Waals surface area contributed by atoms with E-state index in [4.69, 9.17) is 14.2 Å². The van der Waals surface area contributed by atoms with Crippen LogP contribution in [0.1, 0.15) is 39.2 Å². The van der Waals surface area contributed by atoms with Crippen molar-refractivity contribution in [3.8, 4) is 28.3 Å². The average Bonchev–Trinajstić information content (AvgIpc) is 3.69. The molecule has 9 nitrogen and oxygen atoms in total. The lowest BCUT2D eigenvalue weighted by atomic mass is 10.0. The van der Waals surface area contributed by atoms with Crippen LogP contribution in [0.3, 0.4) is 0 Å². The largest absolute Gasteiger partial charge is 0.490 e. The predicted octanol–water partition coefficient (Wildman–Crippen LogP) is 6.25. The van der Waals surface area contributed by atoms with Gasteiger partial charge in [-0.1, -0.05) is 24.3 Å². The van der Waals surface area contributed by atoms with Gasteiger partial charge in [-0.3, -0.25) is 4.79 Å². The van der Waals surface area contributed by atoms with Gasteiger partial charge in [-0.15, -0.1) is 21.5 Å². The summed E-state index contributed by atoms with van der Waals surface area (Å²) in [5, 5.41) is 14.7. The first-order chi connectivity index (χ1) is 21.2. The van der Waals surface area contributed by atoms with E-state index >= 15 is 0 Å². The normalized spacial score (nSPS) is 13.3. The fourth-order valence-corrected chi connectivity index (χ4v) is 5.86. The topological polar surface area (TPSA) is 103 Å². The van der Waals surface area contributed by atoms with Gasteiger partial charge < -0.3 is 24.4 Å². The van der Waals surface area contributed by atoms with E-state index in [9.17, 15) is 14.0 Å². The van der Waals surface area contributed by atoms with Crippen molar-refractivity contribution in [2.75, 3.05) is 39.5 Å². The fourth-order valence-electron chi connectivity index (χ4n) is 4.96. The maximum Gasteiger partial charge on any atom is 0.407 e. The molecule has 1 fully saturated rings. The van der Waals surface area contributed by atoms with Crippen molar-refractivity contribution in [3.05, 3.63) is 65.3 Å². The van der Waals surface area contributed by atoms with Gasteiger partial charge in [-0.2, -0.15) is 0 Å². The average molecular weight is 621 g/mol. The number of alkyl carbamates (subject to hydrolysis) is 1. The van der Waals surface area contributed by atoms with Crippen molar-refractivity contribution in [3.63, 3.8) is 0 Å². The smallest absolute Gasteiger partial charge is 0.407 e. The van der Waals surface area contributed by atoms with Crippen molar-refractivity contribution >= 4 is 33.4 Å². The quantitative estimate of drug-likeness (QED) is 0.198. The summed E-state index contributed by atoms with van der Waals surface area (Å²) in [5.74, 6) is 0.0736. The Hall–Kier alpha value is -4.09. The summed E-state index contributed by atoms with van der Waals surface area (Å²) in [7, 11) is 0. The highest BCUT2D eigenvalue weighted by molar-refractivity contribution is 7.17. The van der Waals surface area contributed by atoms with Gasteiger partial charge in [0.15, 0.2) is 0 Å². The molecule has 2 aromatic carbocycles. The van der Waals surface area contributed by atoms with E-state index in [2.05, 4.69) is 15.5 Å². The fraction of sp³-hybridized carbons (Fsp3) is 0.394. The molecule has 0 unspecified atom stereocenters. The van der Waals surface area contributed by atoms with Crippen molar-refractivity contribution in [2.45, 2.75) is 45.6 Å². The Morgan fingerprint density at radius 3 is 2.48 bits per heavy atom. The molecule has 44 heavy (non-hydrogen) atoms. The molecular formula is C33H37FN4O5S. The van der Waals surface area contributed by atoms with Crippen LogP contribution in [0.15, 0.2) is 53.9 Å². The van der Waals surface area contributed by atoms with Gasteiger partial charge in [0.2, 0.25) is 5.91 Å². The van der Waals surface area contributed by atoms with Crippen molar-refractivity contribution in [1.82, 2.24) is 20.4 Å². The van der Waals surface area contributed by atoms with E-state index < -0.39 is 17.5 Å². The number of carbonyl (C=O) groups is 2. The van der Waals surface area contributed by atoms with Crippen molar-refractivity contribution in [2.24, 2.45) is 0 Å². The number of nitrogens with zero attached hydrogens (tertiary/aromatic N) is 3. The zero-order valence-corrected chi connectivity index (χ0v) is 26.0. The zero-order valence-electron chi connectivity index (χ0n) is 25.2. The van der Waals surface area contributed by atoms with Gasteiger partial charge in [-0.05, 0) is 62.8 Å². The van der Waals surface area contributed by atoms with E-state index in [1.807, 2.05) is 40.6 Å². The number of fused-ring (bicyclic) bond motifs is 1. The summed E-state index contributed by atoms with van der Waals surface area (Å²) < 4.78 is 31.8. The van der Waals surface area contributed by atoms with Crippen molar-refractivity contribution in [1.29, 1.82) is 0 Å². The second kappa shape index (κ2) is 14.1. The van der Waals surface area contributed by atoms with Crippen LogP contribution in [0, 0.1) is 5.82 Å². The number of rotatable bonds is 11. The van der Waals surface area contributed by atoms with Gasteiger partial charge in [0, 0.05) is 42.2 Å². The zero-order chi connectivity index (χ0) is 31.1. The molecule has 0 atom stereocenters. The molecule has 4 aromatic rings. The third kappa shape index (κ3) is 8.09. The Morgan fingerprint density at radius 2 is 1.73 bits per heavy atom. The highest BCUT2D eigenvalue weighted by Crippen LogP contribution is 2.39. The number of benzene rings is 2. The number of amides is 2. The summed E-state index contributed by atoms with van der Waals surface area (Å²) in [6, 6.07) is 14.2. The van der Waals surface area contributed by atoms with Gasteiger partial charge in [-0.25, -0.2) is 9.18 Å². The van der Waals surface area contributed by atoms with Crippen LogP contribution in [0.2, 0.25) is 0 Å². The highest BCUT2D eigenvalue weighted by Gasteiger charge is 2.20. The molecule has 232 valence electrons. The van der Waals surface area contributed by atoms with Gasteiger partial charge in [0.05, 0.1) is 24.3 Å². The molecule has 0 aliphatic carbocycles. The predicted molar refractivity (Wildman–Crippen MR) is 168 cm³/mol. The number of carbonyl (C=O) groups excluding carboxylic acids is 2. The molecule has 1 saturated heterocycles. The third-order valence-corrected chi connectivity index (χ3v) is 7.95. The standard InChI is InChI=1S/C33H37FN4O5S/c1-33(2,3)43-32(40)35-13-16-41-17-18-42-27-21-24(34)10-11-25(27)30-31-26(12-19-44-31)29(36-37-30)23-8-6-22(7-9-23)20-28(39)38-14-4-5-15-38/h6-12,19,21H,4-5,13-18,20H2,1-3H3,(H,35,40). The Morgan fingerprint density at radius 1 is 0.977 bits per heavy atom. The maximum atomic E-state index is 14.3. The first-order valence-corrected chi connectivity index (χ1v) is 15.6. The van der Waals surface area contributed by atoms with Crippen LogP contribution in [0.5, 0.6) is 5.75 Å². The lowest BCUT2D eigenvalue weighted by Crippen LogP contribution is -2.34. The van der Waals surface area contributed by atoms with Crippen LogP contribution in [-0.4, -0.2) is 72.2 Å². The molecule has 1 N–H and O–H groups in total. The van der Waals surface area contributed by atoms with Crippen LogP contribution < -0.4 is 10.1 Å². The second-order valence-electron chi connectivity index (χ2n) is 11.6. The second-order valence-corrected chi connectivity index (χ2v) is 12.5. The van der Waals surface area contributed by atoms with Gasteiger partial charge in [0.1, 0.15) is 35.2 Å². The molecule has 0 bridgehead atoms. The number of hydrogen-bond donors (Lipinski definition) is 1. The Kier molecular flexibility index (Phi) is 10.1. The number of ether oxygens (including phenoxy) is 3.